The number of methoxy groups -OCH3 is 2. The van der Waals surface area contributed by atoms with Gasteiger partial charge in [0.25, 0.3) is 0 Å². The molecule has 0 N–H and O–H groups in total. The van der Waals surface area contributed by atoms with Gasteiger partial charge in [0.05, 0.1) is 27.8 Å². The van der Waals surface area contributed by atoms with Gasteiger partial charge in [-0.05, 0) is 23.3 Å². The van der Waals surface area contributed by atoms with E-state index in [-0.39, 0.29) is 40.5 Å². The second-order valence-electron chi connectivity index (χ2n) is 9.52. The van der Waals surface area contributed by atoms with E-state index in [1.807, 2.05) is 18.2 Å². The normalized spacial score (nSPS) is 30.3. The summed E-state index contributed by atoms with van der Waals surface area (Å²) in [6, 6.07) is 14.7. The smallest absolute Gasteiger partial charge is 0.197 e. The third kappa shape index (κ3) is 3.27. The molecule has 1 aliphatic heterocycles. The Balaban J connectivity index is 0.00000245. The van der Waals surface area contributed by atoms with Gasteiger partial charge in [0.1, 0.15) is 18.3 Å². The summed E-state index contributed by atoms with van der Waals surface area (Å²) in [7, 11) is 5.42. The highest BCUT2D eigenvalue weighted by Crippen LogP contribution is 2.58. The highest BCUT2D eigenvalue weighted by molar-refractivity contribution is 8.93. The van der Waals surface area contributed by atoms with Gasteiger partial charge < -0.3 is 19.1 Å². The van der Waals surface area contributed by atoms with E-state index in [4.69, 9.17) is 9.47 Å². The molecule has 3 aliphatic rings. The maximum atomic E-state index is 13.4. The largest absolute Gasteiger partial charge is 0.870 e. The number of hydrogen-bond acceptors (Lipinski definition) is 4. The van der Waals surface area contributed by atoms with E-state index in [0.717, 1.165) is 41.5 Å². The average molecular weight is 500 g/mol. The van der Waals surface area contributed by atoms with Crippen molar-refractivity contribution in [2.45, 2.75) is 37.3 Å². The molecule has 1 fully saturated rings. The molecule has 1 saturated heterocycles. The van der Waals surface area contributed by atoms with E-state index in [1.54, 1.807) is 13.2 Å². The highest BCUT2D eigenvalue weighted by atomic mass is 79.9. The van der Waals surface area contributed by atoms with Gasteiger partial charge in [-0.3, -0.25) is 4.79 Å². The summed E-state index contributed by atoms with van der Waals surface area (Å²) >= 11 is 0. The van der Waals surface area contributed by atoms with Crippen molar-refractivity contribution in [3.05, 3.63) is 71.0 Å². The lowest BCUT2D eigenvalue weighted by Crippen LogP contribution is -2.68. The van der Waals surface area contributed by atoms with Gasteiger partial charge in [0.15, 0.2) is 11.5 Å². The van der Waals surface area contributed by atoms with Crippen molar-refractivity contribution >= 4 is 22.8 Å². The maximum Gasteiger partial charge on any atom is 0.197 e. The number of ketones is 1. The summed E-state index contributed by atoms with van der Waals surface area (Å²) in [6.45, 7) is 1.85. The highest BCUT2D eigenvalue weighted by Gasteiger charge is 2.60. The van der Waals surface area contributed by atoms with E-state index in [9.17, 15) is 9.90 Å². The van der Waals surface area contributed by atoms with Crippen LogP contribution in [0.3, 0.4) is 0 Å². The molecule has 4 atom stereocenters. The van der Waals surface area contributed by atoms with Crippen molar-refractivity contribution in [3.8, 4) is 11.5 Å². The van der Waals surface area contributed by atoms with Crippen molar-refractivity contribution in [2.75, 3.05) is 27.8 Å². The van der Waals surface area contributed by atoms with Crippen LogP contribution in [0.25, 0.3) is 0 Å². The Kier molecular flexibility index (Phi) is 5.88. The molecule has 2 bridgehead atoms. The molecule has 0 spiro atoms. The lowest BCUT2D eigenvalue weighted by molar-refractivity contribution is -0.956. The van der Waals surface area contributed by atoms with E-state index in [2.05, 4.69) is 31.3 Å². The molecule has 6 heteroatoms. The summed E-state index contributed by atoms with van der Waals surface area (Å²) in [5, 5.41) is 13.4. The van der Waals surface area contributed by atoms with Crippen LogP contribution in [-0.2, 0) is 27.9 Å². The number of fused-ring (bicyclic) bond motifs is 1. The molecule has 0 saturated carbocycles. The Morgan fingerprint density at radius 3 is 2.56 bits per heavy atom. The predicted octanol–water partition coefficient (Wildman–Crippen LogP) is 3.68. The number of piperidine rings is 1. The van der Waals surface area contributed by atoms with Crippen LogP contribution in [-0.4, -0.2) is 44.1 Å². The quantitative estimate of drug-likeness (QED) is 0.602. The van der Waals surface area contributed by atoms with Crippen LogP contribution < -0.4 is 9.84 Å². The van der Waals surface area contributed by atoms with Crippen molar-refractivity contribution in [2.24, 2.45) is 5.92 Å². The van der Waals surface area contributed by atoms with E-state index >= 15 is 0 Å². The minimum Gasteiger partial charge on any atom is -0.870 e. The minimum absolute atomic E-state index is 0. The predicted molar refractivity (Wildman–Crippen MR) is 126 cm³/mol. The van der Waals surface area contributed by atoms with Crippen molar-refractivity contribution in [3.63, 3.8) is 0 Å². The molecular weight excluding hydrogens is 470 g/mol. The Morgan fingerprint density at radius 1 is 1.12 bits per heavy atom. The number of rotatable bonds is 4. The van der Waals surface area contributed by atoms with Gasteiger partial charge >= 0.3 is 0 Å². The number of carbonyl (C=O) groups is 1. The monoisotopic (exact) mass is 499 g/mol. The van der Waals surface area contributed by atoms with Crippen LogP contribution in [0.5, 0.6) is 11.5 Å². The van der Waals surface area contributed by atoms with E-state index in [0.29, 0.717) is 17.9 Å². The van der Waals surface area contributed by atoms with Crippen molar-refractivity contribution < 1.29 is 23.9 Å². The number of carbonyl (C=O) groups excluding carboxylic acids is 1. The fourth-order valence-electron chi connectivity index (χ4n) is 6.46. The fraction of sp³-hybridized carbons (Fsp3) is 0.423. The molecule has 0 radical (unpaired) electrons. The Labute approximate surface area is 200 Å². The Bertz CT molecular complexity index is 1070. The zero-order valence-electron chi connectivity index (χ0n) is 18.8. The third-order valence-corrected chi connectivity index (χ3v) is 7.97. The van der Waals surface area contributed by atoms with Crippen LogP contribution in [0.2, 0.25) is 0 Å². The molecule has 1 unspecified atom stereocenters. The first-order valence-electron chi connectivity index (χ1n) is 11.0. The number of ether oxygens (including phenoxy) is 2. The number of allylic oxidation sites excluding steroid dienone is 1. The first-order valence-corrected chi connectivity index (χ1v) is 11.0. The van der Waals surface area contributed by atoms with Gasteiger partial charge in [-0.2, -0.15) is 0 Å². The maximum absolute atomic E-state index is 13.4. The van der Waals surface area contributed by atoms with Gasteiger partial charge in [-0.1, -0.05) is 42.1 Å². The van der Waals surface area contributed by atoms with Crippen molar-refractivity contribution in [1.29, 1.82) is 0 Å². The van der Waals surface area contributed by atoms with Crippen LogP contribution >= 0.6 is 17.0 Å². The summed E-state index contributed by atoms with van der Waals surface area (Å²) in [4.78, 5) is 13.0. The summed E-state index contributed by atoms with van der Waals surface area (Å²) in [5.74, 6) is 0.829. The number of halogens is 1. The van der Waals surface area contributed by atoms with E-state index in [1.165, 1.54) is 12.7 Å². The topological polar surface area (TPSA) is 58.6 Å². The molecule has 1 heterocycles. The van der Waals surface area contributed by atoms with Crippen LogP contribution in [0, 0.1) is 5.92 Å². The lowest BCUT2D eigenvalue weighted by atomic mass is 9.53. The second kappa shape index (κ2) is 8.23. The number of nitrogens with zero attached hydrogens (tertiary/aromatic N) is 1. The molecule has 2 aromatic rings. The SMILES string of the molecule is Br.COC1=C[C@H]2[C@H]3Cc4ccc(OC)c([O-])c4[C@]2(CC[N+]3(C)Cc2ccccc2)CC1=O. The number of benzene rings is 2. The van der Waals surface area contributed by atoms with Gasteiger partial charge in [-0.15, -0.1) is 17.0 Å². The Hall–Kier alpha value is -2.31. The fourth-order valence-corrected chi connectivity index (χ4v) is 6.46. The number of Topliss-reactive ketones (excluding diaryl/α,β-unsaturated/α-hetero) is 1. The number of hydrogen-bond donors (Lipinski definition) is 0. The summed E-state index contributed by atoms with van der Waals surface area (Å²) in [6.07, 6.45) is 3.96. The molecule has 2 aliphatic carbocycles. The number of quaternary nitrogens is 1. The first-order chi connectivity index (χ1) is 14.9. The van der Waals surface area contributed by atoms with Gasteiger partial charge in [-0.25, -0.2) is 0 Å². The number of likely N-dealkylation sites (N-methyl/N-ethyl adjacent to an activating group) is 1. The van der Waals surface area contributed by atoms with Gasteiger partial charge in [0.2, 0.25) is 0 Å². The molecular formula is C26H30BrNO4. The zero-order chi connectivity index (χ0) is 21.8. The molecule has 5 nitrogen and oxygen atoms in total. The standard InChI is InChI=1S/C26H29NO4.BrH/c1-27(16-17-7-5-4-6-8-17)12-11-26-15-21(28)23(31-3)14-19(26)20(27)13-18-9-10-22(30-2)25(29)24(18)26;/h4-10,14,19-20H,11-13,15-16H2,1-3H3;1H/t19-,20+,26+,27?;/m0./s1. The first kappa shape index (κ1) is 22.9. The van der Waals surface area contributed by atoms with Crippen LogP contribution in [0.4, 0.5) is 0 Å². The summed E-state index contributed by atoms with van der Waals surface area (Å²) in [5.41, 5.74) is 2.72. The molecule has 0 amide bonds. The van der Waals surface area contributed by atoms with E-state index < -0.39 is 5.41 Å². The number of likely N-dealkylation sites (tertiary alicyclic amines) is 1. The molecule has 2 aromatic carbocycles. The zero-order valence-corrected chi connectivity index (χ0v) is 20.5. The molecule has 170 valence electrons. The van der Waals surface area contributed by atoms with Crippen molar-refractivity contribution in [1.82, 2.24) is 0 Å². The molecule has 0 aromatic heterocycles. The van der Waals surface area contributed by atoms with Gasteiger partial charge in [0, 0.05) is 36.2 Å². The lowest BCUT2D eigenvalue weighted by Gasteiger charge is -2.60. The Morgan fingerprint density at radius 2 is 1.88 bits per heavy atom. The summed E-state index contributed by atoms with van der Waals surface area (Å²) < 4.78 is 11.7. The minimum atomic E-state index is -0.475. The average Bonchev–Trinajstić information content (AvgIpc) is 2.76. The molecule has 5 rings (SSSR count). The van der Waals surface area contributed by atoms with Crippen LogP contribution in [0.1, 0.15) is 29.5 Å². The molecule has 32 heavy (non-hydrogen) atoms. The third-order valence-electron chi connectivity index (χ3n) is 7.97. The second-order valence-corrected chi connectivity index (χ2v) is 9.52. The van der Waals surface area contributed by atoms with Crippen LogP contribution in [0.15, 0.2) is 54.3 Å².